The molecule has 7 heteroatoms. The Balaban J connectivity index is 0.00000147. The van der Waals surface area contributed by atoms with Crippen molar-refractivity contribution in [3.63, 3.8) is 0 Å². The van der Waals surface area contributed by atoms with Crippen LogP contribution >= 0.6 is 23.7 Å². The fraction of sp³-hybridized carbons (Fsp3) is 0.385. The van der Waals surface area contributed by atoms with Crippen molar-refractivity contribution < 1.29 is 9.53 Å². The van der Waals surface area contributed by atoms with Crippen LogP contribution < -0.4 is 10.6 Å². The number of carbonyl (C=O) groups is 1. The molecule has 3 rings (SSSR count). The monoisotopic (exact) mass is 313 g/mol. The van der Waals surface area contributed by atoms with Crippen molar-refractivity contribution in [2.45, 2.75) is 19.1 Å². The van der Waals surface area contributed by atoms with Crippen molar-refractivity contribution in [3.05, 3.63) is 23.7 Å². The highest BCUT2D eigenvalue weighted by Gasteiger charge is 2.28. The van der Waals surface area contributed by atoms with E-state index in [0.29, 0.717) is 13.2 Å². The summed E-state index contributed by atoms with van der Waals surface area (Å²) in [7, 11) is 0. The molecule has 108 valence electrons. The molecule has 2 heterocycles. The number of rotatable bonds is 2. The summed E-state index contributed by atoms with van der Waals surface area (Å²) in [6.07, 6.45) is -0.110. The van der Waals surface area contributed by atoms with E-state index in [1.165, 1.54) is 0 Å². The van der Waals surface area contributed by atoms with Gasteiger partial charge in [-0.15, -0.1) is 23.7 Å². The predicted molar refractivity (Wildman–Crippen MR) is 82.7 cm³/mol. The van der Waals surface area contributed by atoms with Crippen LogP contribution in [-0.4, -0.2) is 36.2 Å². The number of aromatic nitrogens is 1. The van der Waals surface area contributed by atoms with Gasteiger partial charge in [-0.2, -0.15) is 0 Å². The summed E-state index contributed by atoms with van der Waals surface area (Å²) in [5.41, 5.74) is 3.55. The van der Waals surface area contributed by atoms with Crippen molar-refractivity contribution >= 4 is 45.6 Å². The third kappa shape index (κ3) is 3.09. The van der Waals surface area contributed by atoms with Crippen molar-refractivity contribution in [1.82, 2.24) is 10.3 Å². The second-order valence-electron chi connectivity index (χ2n) is 4.53. The van der Waals surface area contributed by atoms with Crippen LogP contribution in [0.15, 0.2) is 23.7 Å². The van der Waals surface area contributed by atoms with Gasteiger partial charge in [0.25, 0.3) is 0 Å². The summed E-state index contributed by atoms with van der Waals surface area (Å²) in [6.45, 7) is 3.26. The molecule has 0 aliphatic carbocycles. The molecule has 0 bridgehead atoms. The van der Waals surface area contributed by atoms with Crippen LogP contribution in [-0.2, 0) is 9.53 Å². The molecule has 20 heavy (non-hydrogen) atoms. The Bertz CT molecular complexity index is 604. The fourth-order valence-electron chi connectivity index (χ4n) is 2.18. The van der Waals surface area contributed by atoms with Gasteiger partial charge in [0.1, 0.15) is 6.04 Å². The number of nitrogens with zero attached hydrogens (tertiary/aromatic N) is 1. The highest BCUT2D eigenvalue weighted by Crippen LogP contribution is 2.22. The van der Waals surface area contributed by atoms with Gasteiger partial charge in [0.15, 0.2) is 0 Å². The lowest BCUT2D eigenvalue weighted by Gasteiger charge is -2.29. The molecule has 1 fully saturated rings. The summed E-state index contributed by atoms with van der Waals surface area (Å²) in [4.78, 5) is 16.4. The minimum Gasteiger partial charge on any atom is -0.375 e. The third-order valence-electron chi connectivity index (χ3n) is 3.20. The number of fused-ring (bicyclic) bond motifs is 1. The lowest BCUT2D eigenvalue weighted by molar-refractivity contribution is -0.123. The number of benzene rings is 1. The first kappa shape index (κ1) is 15.2. The number of amides is 1. The maximum absolute atomic E-state index is 12.2. The largest absolute Gasteiger partial charge is 0.375 e. The number of morpholine rings is 1. The van der Waals surface area contributed by atoms with Crippen molar-refractivity contribution in [2.24, 2.45) is 0 Å². The number of thiazole rings is 1. The molecule has 2 atom stereocenters. The summed E-state index contributed by atoms with van der Waals surface area (Å²) in [5.74, 6) is -0.0592. The van der Waals surface area contributed by atoms with E-state index in [9.17, 15) is 4.79 Å². The van der Waals surface area contributed by atoms with Gasteiger partial charge >= 0.3 is 0 Å². The minimum atomic E-state index is -0.300. The summed E-state index contributed by atoms with van der Waals surface area (Å²) in [5, 5.41) is 6.10. The lowest BCUT2D eigenvalue weighted by atomic mass is 10.1. The molecule has 1 aliphatic rings. The van der Waals surface area contributed by atoms with Crippen LogP contribution in [0, 0.1) is 0 Å². The Kier molecular flexibility index (Phi) is 4.93. The molecule has 1 saturated heterocycles. The van der Waals surface area contributed by atoms with Crippen LogP contribution in [0.4, 0.5) is 5.69 Å². The highest BCUT2D eigenvalue weighted by atomic mass is 35.5. The van der Waals surface area contributed by atoms with Crippen molar-refractivity contribution in [2.75, 3.05) is 18.5 Å². The number of hydrogen-bond acceptors (Lipinski definition) is 5. The smallest absolute Gasteiger partial charge is 0.244 e. The molecule has 1 aliphatic heterocycles. The maximum atomic E-state index is 12.2. The van der Waals surface area contributed by atoms with Gasteiger partial charge in [-0.3, -0.25) is 4.79 Å². The molecular formula is C13H16ClN3O2S. The molecule has 1 aromatic carbocycles. The van der Waals surface area contributed by atoms with Crippen molar-refractivity contribution in [1.29, 1.82) is 0 Å². The number of hydrogen-bond donors (Lipinski definition) is 2. The molecule has 2 N–H and O–H groups in total. The van der Waals surface area contributed by atoms with Crippen molar-refractivity contribution in [3.8, 4) is 0 Å². The Hall–Kier alpha value is -1.21. The molecular weight excluding hydrogens is 298 g/mol. The zero-order valence-corrected chi connectivity index (χ0v) is 12.6. The molecule has 5 nitrogen and oxygen atoms in total. The summed E-state index contributed by atoms with van der Waals surface area (Å²) >= 11 is 1.56. The van der Waals surface area contributed by atoms with E-state index in [0.717, 1.165) is 15.9 Å². The van der Waals surface area contributed by atoms with Gasteiger partial charge in [-0.05, 0) is 25.1 Å². The number of ether oxygens (including phenoxy) is 1. The van der Waals surface area contributed by atoms with E-state index in [2.05, 4.69) is 15.6 Å². The second-order valence-corrected chi connectivity index (χ2v) is 5.42. The molecule has 1 aromatic heterocycles. The highest BCUT2D eigenvalue weighted by molar-refractivity contribution is 7.16. The van der Waals surface area contributed by atoms with Gasteiger partial charge in [0, 0.05) is 12.2 Å². The Morgan fingerprint density at radius 3 is 3.20 bits per heavy atom. The molecule has 0 saturated carbocycles. The number of carbonyl (C=O) groups excluding carboxylic acids is 1. The zero-order valence-electron chi connectivity index (χ0n) is 11.0. The first-order valence-corrected chi connectivity index (χ1v) is 7.11. The Labute approximate surface area is 127 Å². The topological polar surface area (TPSA) is 63.2 Å². The Morgan fingerprint density at radius 1 is 1.55 bits per heavy atom. The molecule has 0 spiro atoms. The predicted octanol–water partition coefficient (Wildman–Crippen LogP) is 2.03. The standard InChI is InChI=1S/C13H15N3O2S.ClH/c1-8-12(14-4-5-18-8)13(17)16-9-2-3-10-11(6-9)19-7-15-10;/h2-3,6-8,12,14H,4-5H2,1H3,(H,16,17);1H/t8-,12+;/m1./s1. The fourth-order valence-corrected chi connectivity index (χ4v) is 2.90. The van der Waals surface area contributed by atoms with Crippen LogP contribution in [0.1, 0.15) is 6.92 Å². The first-order chi connectivity index (χ1) is 9.24. The van der Waals surface area contributed by atoms with Crippen LogP contribution in [0.3, 0.4) is 0 Å². The first-order valence-electron chi connectivity index (χ1n) is 6.23. The van der Waals surface area contributed by atoms with Gasteiger partial charge in [0.2, 0.25) is 5.91 Å². The normalized spacial score (nSPS) is 22.2. The van der Waals surface area contributed by atoms with E-state index in [1.54, 1.807) is 16.8 Å². The van der Waals surface area contributed by atoms with E-state index in [-0.39, 0.29) is 30.5 Å². The van der Waals surface area contributed by atoms with E-state index >= 15 is 0 Å². The maximum Gasteiger partial charge on any atom is 0.244 e. The quantitative estimate of drug-likeness (QED) is 0.890. The van der Waals surface area contributed by atoms with Crippen LogP contribution in [0.2, 0.25) is 0 Å². The molecule has 1 amide bonds. The number of nitrogens with one attached hydrogen (secondary N) is 2. The molecule has 0 unspecified atom stereocenters. The van der Waals surface area contributed by atoms with E-state index in [1.807, 2.05) is 25.1 Å². The van der Waals surface area contributed by atoms with Gasteiger partial charge in [-0.25, -0.2) is 4.98 Å². The van der Waals surface area contributed by atoms with Crippen LogP contribution in [0.25, 0.3) is 10.2 Å². The number of halogens is 1. The SMILES string of the molecule is C[C@H]1OCCN[C@@H]1C(=O)Nc1ccc2ncsc2c1.Cl. The van der Waals surface area contributed by atoms with E-state index < -0.39 is 0 Å². The third-order valence-corrected chi connectivity index (χ3v) is 3.99. The Morgan fingerprint density at radius 2 is 2.40 bits per heavy atom. The van der Waals surface area contributed by atoms with Crippen LogP contribution in [0.5, 0.6) is 0 Å². The van der Waals surface area contributed by atoms with Gasteiger partial charge in [0.05, 0.1) is 28.4 Å². The van der Waals surface area contributed by atoms with E-state index in [4.69, 9.17) is 4.74 Å². The minimum absolute atomic E-state index is 0. The molecule has 2 aromatic rings. The second kappa shape index (κ2) is 6.49. The van der Waals surface area contributed by atoms with Gasteiger partial charge in [-0.1, -0.05) is 0 Å². The average molecular weight is 314 g/mol. The summed E-state index contributed by atoms with van der Waals surface area (Å²) < 4.78 is 6.54. The molecule has 0 radical (unpaired) electrons. The lowest BCUT2D eigenvalue weighted by Crippen LogP contribution is -2.53. The zero-order chi connectivity index (χ0) is 13.2. The average Bonchev–Trinajstić information content (AvgIpc) is 2.86. The summed E-state index contributed by atoms with van der Waals surface area (Å²) in [6, 6.07) is 5.43. The number of anilines is 1. The van der Waals surface area contributed by atoms with Gasteiger partial charge < -0.3 is 15.4 Å².